The summed E-state index contributed by atoms with van der Waals surface area (Å²) in [7, 11) is 0. The van der Waals surface area contributed by atoms with Crippen LogP contribution in [-0.2, 0) is 6.54 Å². The molecule has 1 aromatic rings. The minimum absolute atomic E-state index is 0.269. The number of hydrogen-bond donors (Lipinski definition) is 2. The van der Waals surface area contributed by atoms with E-state index in [0.29, 0.717) is 11.6 Å². The average Bonchev–Trinajstić information content (AvgIpc) is 2.80. The molecule has 2 nitrogen and oxygen atoms in total. The molecule has 0 atom stereocenters. The van der Waals surface area contributed by atoms with Crippen LogP contribution in [0.1, 0.15) is 31.2 Å². The Morgan fingerprint density at radius 2 is 2.24 bits per heavy atom. The van der Waals surface area contributed by atoms with Gasteiger partial charge in [0.2, 0.25) is 0 Å². The van der Waals surface area contributed by atoms with Crippen LogP contribution in [0.2, 0.25) is 5.02 Å². The molecule has 0 bridgehead atoms. The molecule has 0 fully saturated rings. The molecular formula is C14H18ClNO. The lowest BCUT2D eigenvalue weighted by molar-refractivity contribution is 0.464. The standard InChI is InChI=1S/C14H18ClNO/c15-13-6-3-7-14(17)12(13)10-16-9-8-11-4-1-2-5-11/h3-4,6-7,16-17H,1-2,5,8-10H2. The van der Waals surface area contributed by atoms with Crippen molar-refractivity contribution in [3.8, 4) is 5.75 Å². The Morgan fingerprint density at radius 1 is 1.35 bits per heavy atom. The SMILES string of the molecule is Oc1cccc(Cl)c1CNCCC1=CCCC1. The summed E-state index contributed by atoms with van der Waals surface area (Å²) >= 11 is 6.02. The van der Waals surface area contributed by atoms with Crippen LogP contribution in [0, 0.1) is 0 Å². The Morgan fingerprint density at radius 3 is 2.94 bits per heavy atom. The molecule has 92 valence electrons. The molecule has 0 aliphatic heterocycles. The van der Waals surface area contributed by atoms with Crippen LogP contribution < -0.4 is 5.32 Å². The first kappa shape index (κ1) is 12.5. The van der Waals surface area contributed by atoms with Crippen molar-refractivity contribution in [3.63, 3.8) is 0 Å². The van der Waals surface area contributed by atoms with Gasteiger partial charge in [-0.3, -0.25) is 0 Å². The van der Waals surface area contributed by atoms with Crippen LogP contribution in [0.5, 0.6) is 5.75 Å². The molecule has 1 aromatic carbocycles. The van der Waals surface area contributed by atoms with Crippen molar-refractivity contribution in [2.45, 2.75) is 32.2 Å². The van der Waals surface area contributed by atoms with Gasteiger partial charge in [0.25, 0.3) is 0 Å². The van der Waals surface area contributed by atoms with E-state index in [1.807, 2.05) is 0 Å². The largest absolute Gasteiger partial charge is 0.508 e. The molecule has 3 heteroatoms. The molecule has 0 saturated heterocycles. The van der Waals surface area contributed by atoms with Gasteiger partial charge in [0, 0.05) is 17.1 Å². The van der Waals surface area contributed by atoms with Gasteiger partial charge in [0.1, 0.15) is 5.75 Å². The normalized spacial score (nSPS) is 15.0. The van der Waals surface area contributed by atoms with E-state index in [0.717, 1.165) is 18.5 Å². The van der Waals surface area contributed by atoms with Crippen molar-refractivity contribution < 1.29 is 5.11 Å². The lowest BCUT2D eigenvalue weighted by Gasteiger charge is -2.09. The number of halogens is 1. The van der Waals surface area contributed by atoms with Crippen LogP contribution in [0.3, 0.4) is 0 Å². The molecule has 0 aromatic heterocycles. The van der Waals surface area contributed by atoms with Gasteiger partial charge in [0.15, 0.2) is 0 Å². The van der Waals surface area contributed by atoms with E-state index in [4.69, 9.17) is 11.6 Å². The van der Waals surface area contributed by atoms with Crippen LogP contribution in [-0.4, -0.2) is 11.7 Å². The molecule has 0 unspecified atom stereocenters. The first-order valence-corrected chi connectivity index (χ1v) is 6.50. The summed E-state index contributed by atoms with van der Waals surface area (Å²) in [6.07, 6.45) is 7.24. The summed E-state index contributed by atoms with van der Waals surface area (Å²) in [6, 6.07) is 5.23. The summed E-state index contributed by atoms with van der Waals surface area (Å²) in [4.78, 5) is 0. The predicted molar refractivity (Wildman–Crippen MR) is 71.4 cm³/mol. The van der Waals surface area contributed by atoms with E-state index in [9.17, 15) is 5.11 Å². The van der Waals surface area contributed by atoms with Crippen molar-refractivity contribution >= 4 is 11.6 Å². The minimum Gasteiger partial charge on any atom is -0.508 e. The van der Waals surface area contributed by atoms with E-state index in [-0.39, 0.29) is 5.75 Å². The van der Waals surface area contributed by atoms with E-state index in [1.54, 1.807) is 23.8 Å². The number of benzene rings is 1. The maximum Gasteiger partial charge on any atom is 0.121 e. The molecule has 2 N–H and O–H groups in total. The number of hydrogen-bond acceptors (Lipinski definition) is 2. The number of rotatable bonds is 5. The lowest BCUT2D eigenvalue weighted by atomic mass is 10.1. The van der Waals surface area contributed by atoms with Crippen LogP contribution in [0.15, 0.2) is 29.8 Å². The summed E-state index contributed by atoms with van der Waals surface area (Å²) < 4.78 is 0. The molecule has 1 aliphatic rings. The van der Waals surface area contributed by atoms with Crippen LogP contribution >= 0.6 is 11.6 Å². The monoisotopic (exact) mass is 251 g/mol. The first-order valence-electron chi connectivity index (χ1n) is 6.12. The zero-order valence-electron chi connectivity index (χ0n) is 9.88. The Kier molecular flexibility index (Phi) is 4.46. The molecule has 0 saturated carbocycles. The maximum atomic E-state index is 9.67. The highest BCUT2D eigenvalue weighted by molar-refractivity contribution is 6.31. The molecule has 17 heavy (non-hydrogen) atoms. The quantitative estimate of drug-likeness (QED) is 0.619. The third kappa shape index (κ3) is 3.48. The zero-order valence-corrected chi connectivity index (χ0v) is 10.6. The molecule has 0 amide bonds. The van der Waals surface area contributed by atoms with Gasteiger partial charge >= 0.3 is 0 Å². The first-order chi connectivity index (χ1) is 8.27. The topological polar surface area (TPSA) is 32.3 Å². The lowest BCUT2D eigenvalue weighted by Crippen LogP contribution is -2.15. The number of phenolic OH excluding ortho intramolecular Hbond substituents is 1. The van der Waals surface area contributed by atoms with Crippen molar-refractivity contribution in [2.24, 2.45) is 0 Å². The second kappa shape index (κ2) is 6.08. The highest BCUT2D eigenvalue weighted by Crippen LogP contribution is 2.25. The van der Waals surface area contributed by atoms with Gasteiger partial charge in [-0.05, 0) is 44.4 Å². The second-order valence-corrected chi connectivity index (χ2v) is 4.83. The molecule has 0 radical (unpaired) electrons. The Bertz CT molecular complexity index is 394. The van der Waals surface area contributed by atoms with Crippen molar-refractivity contribution in [3.05, 3.63) is 40.4 Å². The van der Waals surface area contributed by atoms with Gasteiger partial charge in [-0.2, -0.15) is 0 Å². The van der Waals surface area contributed by atoms with E-state index >= 15 is 0 Å². The van der Waals surface area contributed by atoms with Crippen LogP contribution in [0.25, 0.3) is 0 Å². The van der Waals surface area contributed by atoms with Gasteiger partial charge in [-0.1, -0.05) is 29.3 Å². The third-order valence-corrected chi connectivity index (χ3v) is 3.51. The fourth-order valence-electron chi connectivity index (χ4n) is 2.15. The third-order valence-electron chi connectivity index (χ3n) is 3.15. The second-order valence-electron chi connectivity index (χ2n) is 4.42. The summed E-state index contributed by atoms with van der Waals surface area (Å²) in [5, 5.41) is 13.6. The number of nitrogens with one attached hydrogen (secondary N) is 1. The van der Waals surface area contributed by atoms with E-state index < -0.39 is 0 Å². The number of phenols is 1. The number of allylic oxidation sites excluding steroid dienone is 1. The smallest absolute Gasteiger partial charge is 0.121 e. The van der Waals surface area contributed by atoms with E-state index in [2.05, 4.69) is 11.4 Å². The average molecular weight is 252 g/mol. The van der Waals surface area contributed by atoms with Crippen LogP contribution in [0.4, 0.5) is 0 Å². The molecule has 0 heterocycles. The van der Waals surface area contributed by atoms with Crippen molar-refractivity contribution in [1.82, 2.24) is 5.32 Å². The fraction of sp³-hybridized carbons (Fsp3) is 0.429. The van der Waals surface area contributed by atoms with Gasteiger partial charge < -0.3 is 10.4 Å². The predicted octanol–water partition coefficient (Wildman–Crippen LogP) is 3.64. The zero-order chi connectivity index (χ0) is 12.1. The highest BCUT2D eigenvalue weighted by Gasteiger charge is 2.06. The molecular weight excluding hydrogens is 234 g/mol. The molecule has 0 spiro atoms. The minimum atomic E-state index is 0.269. The Labute approximate surface area is 107 Å². The summed E-state index contributed by atoms with van der Waals surface area (Å²) in [6.45, 7) is 1.56. The molecule has 1 aliphatic carbocycles. The number of aromatic hydroxyl groups is 1. The summed E-state index contributed by atoms with van der Waals surface area (Å²) in [5.41, 5.74) is 2.34. The van der Waals surface area contributed by atoms with Crippen molar-refractivity contribution in [2.75, 3.05) is 6.54 Å². The molecule has 2 rings (SSSR count). The highest BCUT2D eigenvalue weighted by atomic mass is 35.5. The van der Waals surface area contributed by atoms with Gasteiger partial charge in [-0.15, -0.1) is 0 Å². The van der Waals surface area contributed by atoms with Gasteiger partial charge in [0.05, 0.1) is 0 Å². The maximum absolute atomic E-state index is 9.67. The van der Waals surface area contributed by atoms with Gasteiger partial charge in [-0.25, -0.2) is 0 Å². The Hall–Kier alpha value is -0.990. The fourth-order valence-corrected chi connectivity index (χ4v) is 2.39. The summed E-state index contributed by atoms with van der Waals surface area (Å²) in [5.74, 6) is 0.269. The Balaban J connectivity index is 1.78. The van der Waals surface area contributed by atoms with Crippen molar-refractivity contribution in [1.29, 1.82) is 0 Å². The van der Waals surface area contributed by atoms with E-state index in [1.165, 1.54) is 19.3 Å².